The van der Waals surface area contributed by atoms with Gasteiger partial charge in [-0.2, -0.15) is 0 Å². The molecule has 1 atom stereocenters. The Hall–Kier alpha value is -3.19. The van der Waals surface area contributed by atoms with Crippen molar-refractivity contribution in [2.45, 2.75) is 46.3 Å². The van der Waals surface area contributed by atoms with Crippen LogP contribution >= 0.6 is 0 Å². The van der Waals surface area contributed by atoms with Crippen molar-refractivity contribution in [2.24, 2.45) is 0 Å². The van der Waals surface area contributed by atoms with Crippen molar-refractivity contribution >= 4 is 17.1 Å². The van der Waals surface area contributed by atoms with Gasteiger partial charge < -0.3 is 19.5 Å². The number of amides is 1. The van der Waals surface area contributed by atoms with Crippen molar-refractivity contribution in [1.29, 1.82) is 0 Å². The molecule has 1 aromatic carbocycles. The molecule has 0 radical (unpaired) electrons. The van der Waals surface area contributed by atoms with E-state index in [4.69, 9.17) is 19.4 Å². The van der Waals surface area contributed by atoms with E-state index in [0.717, 1.165) is 16.5 Å². The first kappa shape index (κ1) is 22.0. The average molecular weight is 436 g/mol. The second-order valence-electron chi connectivity index (χ2n) is 9.24. The Morgan fingerprint density at radius 3 is 2.62 bits per heavy atom. The Morgan fingerprint density at radius 1 is 1.16 bits per heavy atom. The van der Waals surface area contributed by atoms with Crippen LogP contribution in [-0.4, -0.2) is 51.4 Å². The maximum Gasteiger partial charge on any atom is 0.410 e. The predicted molar refractivity (Wildman–Crippen MR) is 123 cm³/mol. The first-order valence-electron chi connectivity index (χ1n) is 10.8. The van der Waals surface area contributed by atoms with E-state index in [1.807, 2.05) is 65.0 Å². The summed E-state index contributed by atoms with van der Waals surface area (Å²) in [5, 5.41) is 11.4. The molecule has 0 saturated carbocycles. The van der Waals surface area contributed by atoms with Crippen molar-refractivity contribution in [3.8, 4) is 17.0 Å². The van der Waals surface area contributed by atoms with Crippen LogP contribution in [0.2, 0.25) is 0 Å². The maximum atomic E-state index is 12.5. The molecule has 1 aliphatic heterocycles. The van der Waals surface area contributed by atoms with Crippen LogP contribution < -0.4 is 0 Å². The SMILES string of the molecule is Cc1cc(C)c(-c2ccc3ccc(C4CN(C(=O)OC(C)(C)C)CCO4)nc3n2)c(O)c1. The standard InChI is InChI=1S/C25H29N3O4/c1-15-12-16(2)22(20(29)13-15)19-9-7-17-6-8-18(26-23(17)27-19)21-14-28(10-11-31-21)24(30)32-25(3,4)5/h6-9,12-13,21,29H,10-11,14H2,1-5H3. The molecule has 7 nitrogen and oxygen atoms in total. The Bertz CT molecular complexity index is 1150. The minimum atomic E-state index is -0.550. The number of hydrogen-bond donors (Lipinski definition) is 1. The van der Waals surface area contributed by atoms with Crippen molar-refractivity contribution in [3.63, 3.8) is 0 Å². The molecule has 0 aliphatic carbocycles. The van der Waals surface area contributed by atoms with E-state index in [2.05, 4.69) is 0 Å². The second-order valence-corrected chi connectivity index (χ2v) is 9.24. The topological polar surface area (TPSA) is 84.8 Å². The summed E-state index contributed by atoms with van der Waals surface area (Å²) in [6.45, 7) is 10.7. The van der Waals surface area contributed by atoms with Gasteiger partial charge in [-0.3, -0.25) is 0 Å². The number of fused-ring (bicyclic) bond motifs is 1. The van der Waals surface area contributed by atoms with Gasteiger partial charge in [0.25, 0.3) is 0 Å². The molecule has 32 heavy (non-hydrogen) atoms. The van der Waals surface area contributed by atoms with Crippen LogP contribution in [0.1, 0.15) is 43.7 Å². The van der Waals surface area contributed by atoms with E-state index in [-0.39, 0.29) is 17.9 Å². The molecule has 1 amide bonds. The highest BCUT2D eigenvalue weighted by Crippen LogP contribution is 2.33. The number of benzene rings is 1. The lowest BCUT2D eigenvalue weighted by molar-refractivity contribution is -0.0446. The minimum absolute atomic E-state index is 0.203. The summed E-state index contributed by atoms with van der Waals surface area (Å²) in [7, 11) is 0. The number of carbonyl (C=O) groups is 1. The zero-order valence-electron chi connectivity index (χ0n) is 19.2. The highest BCUT2D eigenvalue weighted by molar-refractivity contribution is 5.81. The van der Waals surface area contributed by atoms with Crippen molar-refractivity contribution in [3.05, 3.63) is 53.2 Å². The maximum absolute atomic E-state index is 12.5. The fourth-order valence-corrected chi connectivity index (χ4v) is 3.93. The van der Waals surface area contributed by atoms with Gasteiger partial charge in [-0.15, -0.1) is 0 Å². The quantitative estimate of drug-likeness (QED) is 0.615. The number of phenols is 1. The van der Waals surface area contributed by atoms with Crippen molar-refractivity contribution in [1.82, 2.24) is 14.9 Å². The van der Waals surface area contributed by atoms with Crippen LogP contribution in [-0.2, 0) is 9.47 Å². The lowest BCUT2D eigenvalue weighted by Crippen LogP contribution is -2.44. The summed E-state index contributed by atoms with van der Waals surface area (Å²) >= 11 is 0. The zero-order valence-corrected chi connectivity index (χ0v) is 19.2. The zero-order chi connectivity index (χ0) is 23.0. The minimum Gasteiger partial charge on any atom is -0.507 e. The molecule has 1 fully saturated rings. The third kappa shape index (κ3) is 4.67. The monoisotopic (exact) mass is 435 g/mol. The summed E-state index contributed by atoms with van der Waals surface area (Å²) in [6, 6.07) is 11.4. The molecule has 7 heteroatoms. The van der Waals surface area contributed by atoms with Gasteiger partial charge >= 0.3 is 6.09 Å². The Balaban J connectivity index is 1.63. The van der Waals surface area contributed by atoms with Gasteiger partial charge in [0, 0.05) is 17.5 Å². The summed E-state index contributed by atoms with van der Waals surface area (Å²) in [5.41, 5.74) is 4.04. The van der Waals surface area contributed by atoms with E-state index in [1.165, 1.54) is 0 Å². The van der Waals surface area contributed by atoms with Crippen LogP contribution in [0.15, 0.2) is 36.4 Å². The van der Waals surface area contributed by atoms with Gasteiger partial charge in [-0.25, -0.2) is 14.8 Å². The van der Waals surface area contributed by atoms with Crippen LogP contribution in [0, 0.1) is 13.8 Å². The number of aromatic nitrogens is 2. The number of aromatic hydroxyl groups is 1. The van der Waals surface area contributed by atoms with E-state index in [0.29, 0.717) is 42.3 Å². The molecule has 3 heterocycles. The highest BCUT2D eigenvalue weighted by atomic mass is 16.6. The van der Waals surface area contributed by atoms with E-state index in [1.54, 1.807) is 11.0 Å². The first-order valence-corrected chi connectivity index (χ1v) is 10.8. The van der Waals surface area contributed by atoms with Crippen LogP contribution in [0.25, 0.3) is 22.3 Å². The predicted octanol–water partition coefficient (Wildman–Crippen LogP) is 4.93. The summed E-state index contributed by atoms with van der Waals surface area (Å²) < 4.78 is 11.4. The second kappa shape index (κ2) is 8.39. The Morgan fingerprint density at radius 2 is 1.91 bits per heavy atom. The molecule has 1 aliphatic rings. The number of morpholine rings is 1. The van der Waals surface area contributed by atoms with Gasteiger partial charge in [0.05, 0.1) is 24.5 Å². The van der Waals surface area contributed by atoms with Gasteiger partial charge in [0.1, 0.15) is 17.5 Å². The molecule has 1 N–H and O–H groups in total. The number of phenolic OH excluding ortho intramolecular Hbond substituents is 1. The van der Waals surface area contributed by atoms with Gasteiger partial charge in [-0.05, 0) is 76.1 Å². The molecule has 0 bridgehead atoms. The van der Waals surface area contributed by atoms with Crippen molar-refractivity contribution in [2.75, 3.05) is 19.7 Å². The highest BCUT2D eigenvalue weighted by Gasteiger charge is 2.29. The van der Waals surface area contributed by atoms with E-state index < -0.39 is 5.60 Å². The molecule has 0 spiro atoms. The smallest absolute Gasteiger partial charge is 0.410 e. The summed E-state index contributed by atoms with van der Waals surface area (Å²) in [5.74, 6) is 0.203. The number of carbonyl (C=O) groups excluding carboxylic acids is 1. The van der Waals surface area contributed by atoms with Crippen molar-refractivity contribution < 1.29 is 19.4 Å². The summed E-state index contributed by atoms with van der Waals surface area (Å²) in [4.78, 5) is 23.6. The molecule has 168 valence electrons. The average Bonchev–Trinajstić information content (AvgIpc) is 2.71. The fourth-order valence-electron chi connectivity index (χ4n) is 3.93. The number of nitrogens with zero attached hydrogens (tertiary/aromatic N) is 3. The molecule has 4 rings (SSSR count). The molecule has 3 aromatic rings. The third-order valence-corrected chi connectivity index (χ3v) is 5.34. The lowest BCUT2D eigenvalue weighted by atomic mass is 10.0. The molecule has 1 unspecified atom stereocenters. The number of hydrogen-bond acceptors (Lipinski definition) is 6. The normalized spacial score (nSPS) is 16.9. The summed E-state index contributed by atoms with van der Waals surface area (Å²) in [6.07, 6.45) is -0.710. The molecular weight excluding hydrogens is 406 g/mol. The molecular formula is C25H29N3O4. The largest absolute Gasteiger partial charge is 0.507 e. The lowest BCUT2D eigenvalue weighted by Gasteiger charge is -2.34. The van der Waals surface area contributed by atoms with Gasteiger partial charge in [0.15, 0.2) is 5.65 Å². The molecule has 2 aromatic heterocycles. The third-order valence-electron chi connectivity index (χ3n) is 5.34. The van der Waals surface area contributed by atoms with E-state index in [9.17, 15) is 9.90 Å². The van der Waals surface area contributed by atoms with Crippen LogP contribution in [0.3, 0.4) is 0 Å². The Labute approximate surface area is 188 Å². The number of aryl methyl sites for hydroxylation is 2. The first-order chi connectivity index (χ1) is 15.1. The van der Waals surface area contributed by atoms with E-state index >= 15 is 0 Å². The number of rotatable bonds is 2. The Kier molecular flexibility index (Phi) is 5.77. The fraction of sp³-hybridized carbons (Fsp3) is 0.400. The molecule has 1 saturated heterocycles. The van der Waals surface area contributed by atoms with Crippen LogP contribution in [0.4, 0.5) is 4.79 Å². The number of ether oxygens (including phenoxy) is 2. The van der Waals surface area contributed by atoms with Gasteiger partial charge in [0.2, 0.25) is 0 Å². The van der Waals surface area contributed by atoms with Gasteiger partial charge in [-0.1, -0.05) is 6.07 Å². The van der Waals surface area contributed by atoms with Crippen LogP contribution in [0.5, 0.6) is 5.75 Å². The number of pyridine rings is 2.